The van der Waals surface area contributed by atoms with Gasteiger partial charge in [0, 0.05) is 5.57 Å². The topological polar surface area (TPSA) is 57.5 Å². The van der Waals surface area contributed by atoms with Crippen molar-refractivity contribution in [1.29, 1.82) is 0 Å². The SMILES string of the molecule is C[C@]12CC[C@H]3[C@H](CCC4=CC(=O)C(=CO)C[C@@]43C)[C@@H]1CC[C@@H]2O. The third-order valence-corrected chi connectivity index (χ3v) is 8.02. The van der Waals surface area contributed by atoms with Gasteiger partial charge in [-0.15, -0.1) is 0 Å². The Morgan fingerprint density at radius 3 is 2.70 bits per heavy atom. The summed E-state index contributed by atoms with van der Waals surface area (Å²) >= 11 is 0. The molecule has 23 heavy (non-hydrogen) atoms. The molecule has 3 nitrogen and oxygen atoms in total. The lowest BCUT2D eigenvalue weighted by Gasteiger charge is -2.57. The highest BCUT2D eigenvalue weighted by atomic mass is 16.3. The number of rotatable bonds is 0. The van der Waals surface area contributed by atoms with Crippen LogP contribution in [-0.2, 0) is 4.79 Å². The zero-order valence-corrected chi connectivity index (χ0v) is 14.2. The van der Waals surface area contributed by atoms with Gasteiger partial charge in [0.2, 0.25) is 0 Å². The predicted molar refractivity (Wildman–Crippen MR) is 88.8 cm³/mol. The van der Waals surface area contributed by atoms with E-state index < -0.39 is 0 Å². The van der Waals surface area contributed by atoms with Crippen LogP contribution in [0.4, 0.5) is 0 Å². The Morgan fingerprint density at radius 2 is 1.96 bits per heavy atom. The first-order valence-electron chi connectivity index (χ1n) is 9.17. The molecule has 6 atom stereocenters. The minimum atomic E-state index is -0.140. The number of aliphatic hydroxyl groups excluding tert-OH is 2. The maximum atomic E-state index is 12.1. The summed E-state index contributed by atoms with van der Waals surface area (Å²) in [5.41, 5.74) is 1.98. The highest BCUT2D eigenvalue weighted by Crippen LogP contribution is 2.65. The van der Waals surface area contributed by atoms with Gasteiger partial charge in [-0.3, -0.25) is 4.79 Å². The molecule has 3 fully saturated rings. The van der Waals surface area contributed by atoms with E-state index in [2.05, 4.69) is 13.8 Å². The van der Waals surface area contributed by atoms with Crippen molar-refractivity contribution in [1.82, 2.24) is 0 Å². The first-order chi connectivity index (χ1) is 10.9. The van der Waals surface area contributed by atoms with Crippen LogP contribution in [0.15, 0.2) is 23.5 Å². The molecule has 0 heterocycles. The van der Waals surface area contributed by atoms with E-state index in [0.717, 1.165) is 44.8 Å². The minimum absolute atomic E-state index is 0.00430. The van der Waals surface area contributed by atoms with Crippen LogP contribution >= 0.6 is 0 Å². The van der Waals surface area contributed by atoms with Gasteiger partial charge in [-0.2, -0.15) is 0 Å². The molecule has 4 aliphatic rings. The van der Waals surface area contributed by atoms with Gasteiger partial charge in [-0.25, -0.2) is 0 Å². The van der Waals surface area contributed by atoms with Crippen LogP contribution in [0.25, 0.3) is 0 Å². The quantitative estimate of drug-likeness (QED) is 0.526. The lowest BCUT2D eigenvalue weighted by atomic mass is 9.47. The van der Waals surface area contributed by atoms with E-state index in [-0.39, 0.29) is 22.7 Å². The first-order valence-corrected chi connectivity index (χ1v) is 9.17. The Labute approximate surface area is 138 Å². The molecule has 3 heteroatoms. The maximum Gasteiger partial charge on any atom is 0.184 e. The molecule has 0 aromatic rings. The second-order valence-corrected chi connectivity index (χ2v) is 8.84. The largest absolute Gasteiger partial charge is 0.515 e. The minimum Gasteiger partial charge on any atom is -0.515 e. The van der Waals surface area contributed by atoms with Crippen LogP contribution in [0, 0.1) is 28.6 Å². The molecule has 0 aromatic heterocycles. The average molecular weight is 316 g/mol. The van der Waals surface area contributed by atoms with E-state index in [9.17, 15) is 15.0 Å². The van der Waals surface area contributed by atoms with E-state index in [1.807, 2.05) is 0 Å². The van der Waals surface area contributed by atoms with Crippen LogP contribution in [0.5, 0.6) is 0 Å². The smallest absolute Gasteiger partial charge is 0.184 e. The van der Waals surface area contributed by atoms with Gasteiger partial charge in [-0.1, -0.05) is 19.4 Å². The van der Waals surface area contributed by atoms with E-state index in [0.29, 0.717) is 29.7 Å². The van der Waals surface area contributed by atoms with Crippen LogP contribution in [-0.4, -0.2) is 22.1 Å². The van der Waals surface area contributed by atoms with Crippen molar-refractivity contribution < 1.29 is 15.0 Å². The van der Waals surface area contributed by atoms with Gasteiger partial charge in [0.15, 0.2) is 5.78 Å². The summed E-state index contributed by atoms with van der Waals surface area (Å²) in [5.74, 6) is 1.85. The molecule has 3 saturated carbocycles. The molecule has 0 unspecified atom stereocenters. The highest BCUT2D eigenvalue weighted by molar-refractivity contribution is 6.05. The normalized spacial score (nSPS) is 51.0. The maximum absolute atomic E-state index is 12.1. The molecule has 0 aliphatic heterocycles. The van der Waals surface area contributed by atoms with Crippen LogP contribution in [0.1, 0.15) is 58.8 Å². The summed E-state index contributed by atoms with van der Waals surface area (Å²) in [6, 6.07) is 0. The Balaban J connectivity index is 1.71. The van der Waals surface area contributed by atoms with Crippen molar-refractivity contribution in [2.45, 2.75) is 64.9 Å². The van der Waals surface area contributed by atoms with Crippen molar-refractivity contribution in [3.63, 3.8) is 0 Å². The summed E-state index contributed by atoms with van der Waals surface area (Å²) < 4.78 is 0. The van der Waals surface area contributed by atoms with Gasteiger partial charge in [0.05, 0.1) is 12.4 Å². The second kappa shape index (κ2) is 4.95. The molecule has 4 rings (SSSR count). The van der Waals surface area contributed by atoms with Crippen molar-refractivity contribution in [2.75, 3.05) is 0 Å². The predicted octanol–water partition coefficient (Wildman–Crippen LogP) is 3.93. The van der Waals surface area contributed by atoms with Gasteiger partial charge in [0.25, 0.3) is 0 Å². The zero-order valence-electron chi connectivity index (χ0n) is 14.2. The molecule has 0 saturated heterocycles. The third-order valence-electron chi connectivity index (χ3n) is 8.02. The molecule has 0 amide bonds. The summed E-state index contributed by atoms with van der Waals surface area (Å²) in [5, 5.41) is 19.9. The van der Waals surface area contributed by atoms with E-state index >= 15 is 0 Å². The van der Waals surface area contributed by atoms with E-state index in [1.165, 1.54) is 5.57 Å². The first kappa shape index (κ1) is 15.4. The van der Waals surface area contributed by atoms with Gasteiger partial charge < -0.3 is 10.2 Å². The van der Waals surface area contributed by atoms with Crippen molar-refractivity contribution in [3.8, 4) is 0 Å². The number of ketones is 1. The summed E-state index contributed by atoms with van der Waals surface area (Å²) in [7, 11) is 0. The third kappa shape index (κ3) is 1.95. The zero-order chi connectivity index (χ0) is 16.4. The Morgan fingerprint density at radius 1 is 1.17 bits per heavy atom. The van der Waals surface area contributed by atoms with Crippen molar-refractivity contribution >= 4 is 5.78 Å². The number of allylic oxidation sites excluding steroid dienone is 2. The second-order valence-electron chi connectivity index (χ2n) is 8.84. The monoisotopic (exact) mass is 316 g/mol. The van der Waals surface area contributed by atoms with Crippen LogP contribution in [0.3, 0.4) is 0 Å². The molecule has 2 N–H and O–H groups in total. The lowest BCUT2D eigenvalue weighted by molar-refractivity contribution is -0.113. The summed E-state index contributed by atoms with van der Waals surface area (Å²) in [6.07, 6.45) is 9.86. The Kier molecular flexibility index (Phi) is 3.32. The standard InChI is InChI=1S/C20H28O3/c1-19-8-7-16-14(15(19)5-6-18(19)23)4-3-13-9-17(22)12(11-21)10-20(13,16)2/h9,11,14-16,18,21,23H,3-8,10H2,1-2H3/t14-,15+,16+,18+,19+,20+/m1/s1. The number of fused-ring (bicyclic) bond motifs is 5. The number of aliphatic hydroxyl groups is 2. The van der Waals surface area contributed by atoms with Crippen LogP contribution in [0.2, 0.25) is 0 Å². The van der Waals surface area contributed by atoms with Gasteiger partial charge >= 0.3 is 0 Å². The molecule has 126 valence electrons. The summed E-state index contributed by atoms with van der Waals surface area (Å²) in [6.45, 7) is 4.60. The molecule has 0 spiro atoms. The number of carbonyl (C=O) groups excluding carboxylic acids is 1. The Hall–Kier alpha value is -1.09. The molecule has 0 radical (unpaired) electrons. The fourth-order valence-corrected chi connectivity index (χ4v) is 6.62. The van der Waals surface area contributed by atoms with Crippen molar-refractivity contribution in [3.05, 3.63) is 23.5 Å². The fraction of sp³-hybridized carbons (Fsp3) is 0.750. The van der Waals surface area contributed by atoms with Gasteiger partial charge in [0.1, 0.15) is 0 Å². The number of hydrogen-bond donors (Lipinski definition) is 2. The molecule has 0 bridgehead atoms. The van der Waals surface area contributed by atoms with Crippen molar-refractivity contribution in [2.24, 2.45) is 28.6 Å². The lowest BCUT2D eigenvalue weighted by Crippen LogP contribution is -2.51. The number of carbonyl (C=O) groups is 1. The van der Waals surface area contributed by atoms with E-state index in [4.69, 9.17) is 0 Å². The molecule has 4 aliphatic carbocycles. The molecular formula is C20H28O3. The van der Waals surface area contributed by atoms with E-state index in [1.54, 1.807) is 6.08 Å². The fourth-order valence-electron chi connectivity index (χ4n) is 6.62. The molecule has 0 aromatic carbocycles. The Bertz CT molecular complexity index is 604. The van der Waals surface area contributed by atoms with Crippen LogP contribution < -0.4 is 0 Å². The van der Waals surface area contributed by atoms with Gasteiger partial charge in [-0.05, 0) is 79.6 Å². The summed E-state index contributed by atoms with van der Waals surface area (Å²) in [4.78, 5) is 12.1. The average Bonchev–Trinajstić information content (AvgIpc) is 2.83. The number of hydrogen-bond acceptors (Lipinski definition) is 3. The molecular weight excluding hydrogens is 288 g/mol. The highest BCUT2D eigenvalue weighted by Gasteiger charge is 2.59.